The van der Waals surface area contributed by atoms with Crippen molar-refractivity contribution in [1.29, 1.82) is 0 Å². The quantitative estimate of drug-likeness (QED) is 0.655. The molecule has 3 heteroatoms. The van der Waals surface area contributed by atoms with Crippen molar-refractivity contribution in [2.24, 2.45) is 11.8 Å². The number of hydrogen-bond donors (Lipinski definition) is 1. The van der Waals surface area contributed by atoms with E-state index in [1.165, 1.54) is 0 Å². The monoisotopic (exact) mass is 158 g/mol. The average molecular weight is 158 g/mol. The van der Waals surface area contributed by atoms with Gasteiger partial charge in [-0.25, -0.2) is 0 Å². The third kappa shape index (κ3) is 1.71. The third-order valence-corrected chi connectivity index (χ3v) is 2.11. The molecule has 1 N–H and O–H groups in total. The van der Waals surface area contributed by atoms with Gasteiger partial charge in [0.2, 0.25) is 0 Å². The van der Waals surface area contributed by atoms with Gasteiger partial charge in [0, 0.05) is 6.61 Å². The highest BCUT2D eigenvalue weighted by atomic mass is 16.5. The molecule has 1 rings (SSSR count). The zero-order valence-electron chi connectivity index (χ0n) is 6.91. The van der Waals surface area contributed by atoms with Crippen LogP contribution in [-0.2, 0) is 9.53 Å². The van der Waals surface area contributed by atoms with Gasteiger partial charge in [0.25, 0.3) is 0 Å². The van der Waals surface area contributed by atoms with Gasteiger partial charge in [-0.3, -0.25) is 4.79 Å². The van der Waals surface area contributed by atoms with Gasteiger partial charge in [0.15, 0.2) is 0 Å². The first-order valence-corrected chi connectivity index (χ1v) is 3.97. The van der Waals surface area contributed by atoms with Crippen LogP contribution in [0.2, 0.25) is 0 Å². The molecule has 1 aliphatic heterocycles. The molecule has 64 valence electrons. The standard InChI is InChI=1S/C8H14O3/c1-5(2)7-6(8(9)10)3-4-11-7/h5-7H,3-4H2,1-2H3,(H,9,10)/t6-,7+/m0/s1. The lowest BCUT2D eigenvalue weighted by Crippen LogP contribution is -2.28. The summed E-state index contributed by atoms with van der Waals surface area (Å²) in [5.41, 5.74) is 0. The van der Waals surface area contributed by atoms with Gasteiger partial charge in [-0.15, -0.1) is 0 Å². The second kappa shape index (κ2) is 3.22. The van der Waals surface area contributed by atoms with Gasteiger partial charge in [-0.2, -0.15) is 0 Å². The lowest BCUT2D eigenvalue weighted by atomic mass is 9.93. The van der Waals surface area contributed by atoms with Gasteiger partial charge in [0.05, 0.1) is 12.0 Å². The van der Waals surface area contributed by atoms with E-state index in [1.54, 1.807) is 0 Å². The van der Waals surface area contributed by atoms with Crippen molar-refractivity contribution < 1.29 is 14.6 Å². The molecule has 1 aliphatic rings. The number of carbonyl (C=O) groups is 1. The molecule has 0 aliphatic carbocycles. The number of hydrogen-bond acceptors (Lipinski definition) is 2. The van der Waals surface area contributed by atoms with Crippen LogP contribution in [-0.4, -0.2) is 23.8 Å². The van der Waals surface area contributed by atoms with Crippen molar-refractivity contribution in [3.8, 4) is 0 Å². The van der Waals surface area contributed by atoms with Gasteiger partial charge >= 0.3 is 5.97 Å². The minimum atomic E-state index is -0.721. The molecular formula is C8H14O3. The fourth-order valence-corrected chi connectivity index (χ4v) is 1.53. The van der Waals surface area contributed by atoms with Crippen LogP contribution >= 0.6 is 0 Å². The van der Waals surface area contributed by atoms with Crippen molar-refractivity contribution in [3.05, 3.63) is 0 Å². The highest BCUT2D eigenvalue weighted by molar-refractivity contribution is 5.71. The summed E-state index contributed by atoms with van der Waals surface area (Å²) in [6.45, 7) is 4.58. The minimum Gasteiger partial charge on any atom is -0.481 e. The Labute approximate surface area is 66.4 Å². The Morgan fingerprint density at radius 3 is 2.64 bits per heavy atom. The summed E-state index contributed by atoms with van der Waals surface area (Å²) in [5.74, 6) is -0.699. The largest absolute Gasteiger partial charge is 0.481 e. The Hall–Kier alpha value is -0.570. The maximum Gasteiger partial charge on any atom is 0.309 e. The Kier molecular flexibility index (Phi) is 2.49. The first kappa shape index (κ1) is 8.53. The predicted molar refractivity (Wildman–Crippen MR) is 40.3 cm³/mol. The van der Waals surface area contributed by atoms with Crippen molar-refractivity contribution in [2.45, 2.75) is 26.4 Å². The predicted octanol–water partition coefficient (Wildman–Crippen LogP) is 1.13. The molecule has 0 unspecified atom stereocenters. The van der Waals surface area contributed by atoms with Crippen LogP contribution in [0, 0.1) is 11.8 Å². The molecular weight excluding hydrogens is 144 g/mol. The fraction of sp³-hybridized carbons (Fsp3) is 0.875. The fourth-order valence-electron chi connectivity index (χ4n) is 1.53. The second-order valence-corrected chi connectivity index (χ2v) is 3.31. The van der Waals surface area contributed by atoms with Crippen LogP contribution in [0.25, 0.3) is 0 Å². The van der Waals surface area contributed by atoms with Gasteiger partial charge in [-0.1, -0.05) is 13.8 Å². The lowest BCUT2D eigenvalue weighted by molar-refractivity contribution is -0.144. The molecule has 0 amide bonds. The topological polar surface area (TPSA) is 46.5 Å². The third-order valence-electron chi connectivity index (χ3n) is 2.11. The molecule has 0 saturated carbocycles. The van der Waals surface area contributed by atoms with Crippen LogP contribution in [0.4, 0.5) is 0 Å². The first-order valence-electron chi connectivity index (χ1n) is 3.97. The van der Waals surface area contributed by atoms with Crippen molar-refractivity contribution in [1.82, 2.24) is 0 Å². The molecule has 0 aromatic heterocycles. The molecule has 1 fully saturated rings. The molecule has 1 saturated heterocycles. The summed E-state index contributed by atoms with van der Waals surface area (Å²) in [5, 5.41) is 8.75. The van der Waals surface area contributed by atoms with Crippen LogP contribution < -0.4 is 0 Å². The lowest BCUT2D eigenvalue weighted by Gasteiger charge is -2.18. The van der Waals surface area contributed by atoms with E-state index in [1.807, 2.05) is 13.8 Å². The summed E-state index contributed by atoms with van der Waals surface area (Å²) in [6, 6.07) is 0. The van der Waals surface area contributed by atoms with E-state index in [9.17, 15) is 4.79 Å². The van der Waals surface area contributed by atoms with E-state index in [2.05, 4.69) is 0 Å². The molecule has 0 aromatic carbocycles. The molecule has 1 heterocycles. The van der Waals surface area contributed by atoms with Gasteiger partial charge < -0.3 is 9.84 Å². The Morgan fingerprint density at radius 2 is 2.27 bits per heavy atom. The van der Waals surface area contributed by atoms with Crippen LogP contribution in [0.15, 0.2) is 0 Å². The summed E-state index contributed by atoms with van der Waals surface area (Å²) >= 11 is 0. The van der Waals surface area contributed by atoms with Gasteiger partial charge in [0.1, 0.15) is 0 Å². The Morgan fingerprint density at radius 1 is 1.64 bits per heavy atom. The molecule has 2 atom stereocenters. The van der Waals surface area contributed by atoms with Crippen molar-refractivity contribution >= 4 is 5.97 Å². The zero-order valence-corrected chi connectivity index (χ0v) is 6.91. The number of carboxylic acid groups (broad SMARTS) is 1. The van der Waals surface area contributed by atoms with E-state index >= 15 is 0 Å². The summed E-state index contributed by atoms with van der Waals surface area (Å²) in [6.07, 6.45) is 0.588. The maximum absolute atomic E-state index is 10.6. The number of carboxylic acids is 1. The number of rotatable bonds is 2. The Balaban J connectivity index is 2.58. The van der Waals surface area contributed by atoms with E-state index < -0.39 is 5.97 Å². The van der Waals surface area contributed by atoms with Crippen molar-refractivity contribution in [3.63, 3.8) is 0 Å². The highest BCUT2D eigenvalue weighted by Crippen LogP contribution is 2.26. The molecule has 0 radical (unpaired) electrons. The summed E-state index contributed by atoms with van der Waals surface area (Å²) in [7, 11) is 0. The van der Waals surface area contributed by atoms with E-state index in [0.717, 1.165) is 0 Å². The van der Waals surface area contributed by atoms with E-state index in [-0.39, 0.29) is 12.0 Å². The second-order valence-electron chi connectivity index (χ2n) is 3.31. The smallest absolute Gasteiger partial charge is 0.309 e. The summed E-state index contributed by atoms with van der Waals surface area (Å²) in [4.78, 5) is 10.6. The minimum absolute atomic E-state index is 0.0764. The zero-order chi connectivity index (χ0) is 8.43. The maximum atomic E-state index is 10.6. The van der Waals surface area contributed by atoms with E-state index in [0.29, 0.717) is 18.9 Å². The normalized spacial score (nSPS) is 31.2. The van der Waals surface area contributed by atoms with Crippen LogP contribution in [0.5, 0.6) is 0 Å². The van der Waals surface area contributed by atoms with E-state index in [4.69, 9.17) is 9.84 Å². The number of ether oxygens (including phenoxy) is 1. The van der Waals surface area contributed by atoms with Gasteiger partial charge in [-0.05, 0) is 12.3 Å². The molecule has 11 heavy (non-hydrogen) atoms. The number of aliphatic carboxylic acids is 1. The summed E-state index contributed by atoms with van der Waals surface area (Å²) < 4.78 is 5.31. The van der Waals surface area contributed by atoms with Crippen LogP contribution in [0.1, 0.15) is 20.3 Å². The molecule has 0 bridgehead atoms. The SMILES string of the molecule is CC(C)[C@H]1OCC[C@@H]1C(=O)O. The first-order chi connectivity index (χ1) is 5.13. The average Bonchev–Trinajstić information content (AvgIpc) is 2.32. The Bertz CT molecular complexity index is 153. The van der Waals surface area contributed by atoms with Crippen LogP contribution in [0.3, 0.4) is 0 Å². The molecule has 0 spiro atoms. The molecule has 3 nitrogen and oxygen atoms in total. The molecule has 0 aromatic rings. The van der Waals surface area contributed by atoms with Crippen molar-refractivity contribution in [2.75, 3.05) is 6.61 Å². The highest BCUT2D eigenvalue weighted by Gasteiger charge is 2.35.